The van der Waals surface area contributed by atoms with Gasteiger partial charge in [-0.3, -0.25) is 4.79 Å². The topological polar surface area (TPSA) is 73.9 Å². The summed E-state index contributed by atoms with van der Waals surface area (Å²) in [6.07, 6.45) is 6.99. The van der Waals surface area contributed by atoms with Crippen molar-refractivity contribution in [3.63, 3.8) is 0 Å². The van der Waals surface area contributed by atoms with Gasteiger partial charge in [-0.05, 0) is 49.5 Å². The Labute approximate surface area is 168 Å². The van der Waals surface area contributed by atoms with Gasteiger partial charge >= 0.3 is 5.97 Å². The van der Waals surface area contributed by atoms with E-state index >= 15 is 0 Å². The Morgan fingerprint density at radius 1 is 1.11 bits per heavy atom. The summed E-state index contributed by atoms with van der Waals surface area (Å²) in [5, 5.41) is 3.39. The number of amides is 1. The lowest BCUT2D eigenvalue weighted by Crippen LogP contribution is -2.13. The number of aryl methyl sites for hydroxylation is 1. The van der Waals surface area contributed by atoms with Crippen LogP contribution in [0.15, 0.2) is 24.3 Å². The van der Waals surface area contributed by atoms with Crippen LogP contribution in [0.4, 0.5) is 5.00 Å². The van der Waals surface area contributed by atoms with Crippen LogP contribution in [-0.2, 0) is 22.4 Å². The third kappa shape index (κ3) is 4.20. The minimum atomic E-state index is -0.407. The third-order valence-corrected chi connectivity index (χ3v) is 5.86. The first-order valence-electron chi connectivity index (χ1n) is 9.01. The molecule has 0 spiro atoms. The van der Waals surface area contributed by atoms with Crippen LogP contribution in [0.5, 0.6) is 11.5 Å². The molecule has 1 N–H and O–H groups in total. The highest BCUT2D eigenvalue weighted by Crippen LogP contribution is 2.38. The number of esters is 1. The van der Waals surface area contributed by atoms with Gasteiger partial charge in [0, 0.05) is 22.6 Å². The second-order valence-corrected chi connectivity index (χ2v) is 7.44. The molecule has 28 heavy (non-hydrogen) atoms. The predicted octanol–water partition coefficient (Wildman–Crippen LogP) is 4.08. The fourth-order valence-corrected chi connectivity index (χ4v) is 4.53. The number of hydrogen-bond donors (Lipinski definition) is 1. The van der Waals surface area contributed by atoms with E-state index in [0.29, 0.717) is 22.1 Å². The maximum Gasteiger partial charge on any atom is 0.341 e. The summed E-state index contributed by atoms with van der Waals surface area (Å²) in [5.74, 6) is 0.549. The van der Waals surface area contributed by atoms with Crippen molar-refractivity contribution in [2.45, 2.75) is 25.7 Å². The Morgan fingerprint density at radius 2 is 1.89 bits per heavy atom. The lowest BCUT2D eigenvalue weighted by molar-refractivity contribution is -0.111. The number of carbonyl (C=O) groups is 2. The molecule has 1 aliphatic carbocycles. The van der Waals surface area contributed by atoms with Crippen molar-refractivity contribution in [3.05, 3.63) is 45.8 Å². The summed E-state index contributed by atoms with van der Waals surface area (Å²) in [6, 6.07) is 5.36. The van der Waals surface area contributed by atoms with Crippen LogP contribution in [0, 0.1) is 0 Å². The molecule has 0 saturated heterocycles. The molecule has 1 heterocycles. The highest BCUT2D eigenvalue weighted by atomic mass is 32.1. The number of carbonyl (C=O) groups excluding carboxylic acids is 2. The molecule has 0 radical (unpaired) electrons. The fraction of sp³-hybridized carbons (Fsp3) is 0.333. The Morgan fingerprint density at radius 3 is 2.61 bits per heavy atom. The second-order valence-electron chi connectivity index (χ2n) is 6.34. The molecule has 0 aliphatic heterocycles. The predicted molar refractivity (Wildman–Crippen MR) is 110 cm³/mol. The molecule has 148 valence electrons. The van der Waals surface area contributed by atoms with Gasteiger partial charge in [-0.1, -0.05) is 0 Å². The first kappa shape index (κ1) is 19.9. The van der Waals surface area contributed by atoms with Crippen LogP contribution in [0.25, 0.3) is 6.08 Å². The zero-order chi connectivity index (χ0) is 20.1. The highest BCUT2D eigenvalue weighted by molar-refractivity contribution is 7.17. The van der Waals surface area contributed by atoms with Crippen LogP contribution >= 0.6 is 11.3 Å². The maximum absolute atomic E-state index is 12.5. The highest BCUT2D eigenvalue weighted by Gasteiger charge is 2.26. The van der Waals surface area contributed by atoms with E-state index in [4.69, 9.17) is 14.2 Å². The molecule has 1 aromatic carbocycles. The lowest BCUT2D eigenvalue weighted by Gasteiger charge is -2.11. The Bertz CT molecular complexity index is 916. The smallest absolute Gasteiger partial charge is 0.341 e. The van der Waals surface area contributed by atoms with Crippen LogP contribution in [0.3, 0.4) is 0 Å². The summed E-state index contributed by atoms with van der Waals surface area (Å²) in [4.78, 5) is 25.9. The van der Waals surface area contributed by atoms with E-state index in [9.17, 15) is 9.59 Å². The summed E-state index contributed by atoms with van der Waals surface area (Å²) in [5.41, 5.74) is 2.25. The zero-order valence-corrected chi connectivity index (χ0v) is 17.0. The average Bonchev–Trinajstić information content (AvgIpc) is 3.09. The molecule has 0 fully saturated rings. The standard InChI is InChI=1S/C21H23NO5S/c1-25-14-10-8-13(16(12-14)26-2)9-11-18(23)22-20-19(21(24)27-3)15-6-4-5-7-17(15)28-20/h8-12H,4-7H2,1-3H3,(H,22,23)/b11-9+. The van der Waals surface area contributed by atoms with E-state index in [2.05, 4.69) is 5.32 Å². The molecule has 3 rings (SSSR count). The quantitative estimate of drug-likeness (QED) is 0.583. The van der Waals surface area contributed by atoms with Crippen molar-refractivity contribution in [2.75, 3.05) is 26.6 Å². The number of anilines is 1. The van der Waals surface area contributed by atoms with E-state index in [1.54, 1.807) is 32.4 Å². The first-order valence-corrected chi connectivity index (χ1v) is 9.83. The van der Waals surface area contributed by atoms with Crippen molar-refractivity contribution in [1.29, 1.82) is 0 Å². The van der Waals surface area contributed by atoms with E-state index < -0.39 is 5.97 Å². The van der Waals surface area contributed by atoms with Crippen molar-refractivity contribution in [1.82, 2.24) is 0 Å². The number of methoxy groups -OCH3 is 3. The minimum Gasteiger partial charge on any atom is -0.497 e. The van der Waals surface area contributed by atoms with Gasteiger partial charge < -0.3 is 19.5 Å². The Balaban J connectivity index is 1.81. The Kier molecular flexibility index (Phi) is 6.36. The van der Waals surface area contributed by atoms with Crippen LogP contribution in [0.2, 0.25) is 0 Å². The van der Waals surface area contributed by atoms with Gasteiger partial charge in [0.1, 0.15) is 16.5 Å². The molecule has 1 aliphatic rings. The molecule has 0 bridgehead atoms. The minimum absolute atomic E-state index is 0.318. The van der Waals surface area contributed by atoms with Crippen molar-refractivity contribution < 1.29 is 23.8 Å². The van der Waals surface area contributed by atoms with Crippen molar-refractivity contribution >= 4 is 34.3 Å². The molecule has 0 unspecified atom stereocenters. The second kappa shape index (κ2) is 8.93. The van der Waals surface area contributed by atoms with E-state index in [-0.39, 0.29) is 5.91 Å². The maximum atomic E-state index is 12.5. The van der Waals surface area contributed by atoms with E-state index in [1.807, 2.05) is 6.07 Å². The number of rotatable bonds is 6. The molecule has 0 atom stereocenters. The van der Waals surface area contributed by atoms with Crippen LogP contribution < -0.4 is 14.8 Å². The summed E-state index contributed by atoms with van der Waals surface area (Å²) in [7, 11) is 4.50. The van der Waals surface area contributed by atoms with Gasteiger partial charge in [0.2, 0.25) is 5.91 Å². The number of ether oxygens (including phenoxy) is 3. The first-order chi connectivity index (χ1) is 13.6. The molecular weight excluding hydrogens is 378 g/mol. The van der Waals surface area contributed by atoms with Gasteiger partial charge in [-0.2, -0.15) is 0 Å². The normalized spacial score (nSPS) is 13.1. The number of benzene rings is 1. The van der Waals surface area contributed by atoms with Crippen LogP contribution in [0.1, 0.15) is 39.2 Å². The molecule has 1 aromatic heterocycles. The molecule has 6 nitrogen and oxygen atoms in total. The number of thiophene rings is 1. The molecule has 7 heteroatoms. The molecule has 1 amide bonds. The van der Waals surface area contributed by atoms with E-state index in [1.165, 1.54) is 24.5 Å². The third-order valence-electron chi connectivity index (χ3n) is 4.65. The summed E-state index contributed by atoms with van der Waals surface area (Å²) < 4.78 is 15.4. The largest absolute Gasteiger partial charge is 0.497 e. The van der Waals surface area contributed by atoms with Gasteiger partial charge in [0.15, 0.2) is 0 Å². The zero-order valence-electron chi connectivity index (χ0n) is 16.2. The molecular formula is C21H23NO5S. The summed E-state index contributed by atoms with van der Waals surface area (Å²) >= 11 is 1.46. The van der Waals surface area contributed by atoms with Gasteiger partial charge in [-0.15, -0.1) is 11.3 Å². The monoisotopic (exact) mass is 401 g/mol. The van der Waals surface area contributed by atoms with Gasteiger partial charge in [-0.25, -0.2) is 4.79 Å². The average molecular weight is 401 g/mol. The van der Waals surface area contributed by atoms with Crippen molar-refractivity contribution in [2.24, 2.45) is 0 Å². The summed E-state index contributed by atoms with van der Waals surface area (Å²) in [6.45, 7) is 0. The SMILES string of the molecule is COC(=O)c1c(NC(=O)/C=C/c2ccc(OC)cc2OC)sc2c1CCCC2. The van der Waals surface area contributed by atoms with Gasteiger partial charge in [0.05, 0.1) is 26.9 Å². The number of hydrogen-bond acceptors (Lipinski definition) is 6. The Hall–Kier alpha value is -2.80. The fourth-order valence-electron chi connectivity index (χ4n) is 3.25. The molecule has 0 saturated carbocycles. The molecule has 2 aromatic rings. The van der Waals surface area contributed by atoms with E-state index in [0.717, 1.165) is 41.7 Å². The lowest BCUT2D eigenvalue weighted by atomic mass is 9.95. The van der Waals surface area contributed by atoms with Crippen LogP contribution in [-0.4, -0.2) is 33.2 Å². The number of fused-ring (bicyclic) bond motifs is 1. The number of nitrogens with one attached hydrogen (secondary N) is 1. The van der Waals surface area contributed by atoms with Gasteiger partial charge in [0.25, 0.3) is 0 Å². The van der Waals surface area contributed by atoms with Crippen molar-refractivity contribution in [3.8, 4) is 11.5 Å².